The number of rotatable bonds is 5. The third kappa shape index (κ3) is 3.73. The molecule has 0 spiro atoms. The summed E-state index contributed by atoms with van der Waals surface area (Å²) in [5.74, 6) is 0.679. The third-order valence-corrected chi connectivity index (χ3v) is 4.86. The van der Waals surface area contributed by atoms with Gasteiger partial charge in [-0.15, -0.1) is 0 Å². The van der Waals surface area contributed by atoms with E-state index in [0.29, 0.717) is 17.1 Å². The predicted octanol–water partition coefficient (Wildman–Crippen LogP) is 2.19. The summed E-state index contributed by atoms with van der Waals surface area (Å²) >= 11 is 5.25. The lowest BCUT2D eigenvalue weighted by Crippen LogP contribution is -2.34. The van der Waals surface area contributed by atoms with Crippen molar-refractivity contribution >= 4 is 18.1 Å². The molecule has 1 amide bonds. The molecule has 7 heteroatoms. The van der Waals surface area contributed by atoms with Crippen LogP contribution in [0.1, 0.15) is 24.8 Å². The molecule has 0 saturated heterocycles. The summed E-state index contributed by atoms with van der Waals surface area (Å²) in [6.07, 6.45) is 2.50. The van der Waals surface area contributed by atoms with Gasteiger partial charge < -0.3 is 10.4 Å². The Morgan fingerprint density at radius 1 is 1.42 bits per heavy atom. The zero-order chi connectivity index (χ0) is 17.1. The first-order valence-electron chi connectivity index (χ1n) is 8.21. The summed E-state index contributed by atoms with van der Waals surface area (Å²) in [4.78, 5) is 12.3. The van der Waals surface area contributed by atoms with Gasteiger partial charge in [-0.25, -0.2) is 0 Å². The van der Waals surface area contributed by atoms with Crippen LogP contribution in [-0.2, 0) is 11.3 Å². The first-order chi connectivity index (χ1) is 11.5. The number of aliphatic hydroxyl groups excluding tert-OH is 1. The number of H-pyrrole nitrogens is 1. The Kier molecular flexibility index (Phi) is 5.11. The first-order valence-corrected chi connectivity index (χ1v) is 8.62. The van der Waals surface area contributed by atoms with Gasteiger partial charge in [-0.1, -0.05) is 36.2 Å². The van der Waals surface area contributed by atoms with Crippen LogP contribution >= 0.6 is 12.2 Å². The minimum Gasteiger partial charge on any atom is -0.393 e. The number of hydrogen-bond acceptors (Lipinski definition) is 4. The lowest BCUT2D eigenvalue weighted by Gasteiger charge is -2.15. The fourth-order valence-corrected chi connectivity index (χ4v) is 3.28. The fourth-order valence-electron chi connectivity index (χ4n) is 3.09. The van der Waals surface area contributed by atoms with E-state index in [0.717, 1.165) is 30.4 Å². The quantitative estimate of drug-likeness (QED) is 0.725. The molecule has 0 unspecified atom stereocenters. The molecule has 1 fully saturated rings. The van der Waals surface area contributed by atoms with Crippen LogP contribution in [0.5, 0.6) is 0 Å². The van der Waals surface area contributed by atoms with Crippen LogP contribution in [0, 0.1) is 17.6 Å². The Bertz CT molecular complexity index is 766. The van der Waals surface area contributed by atoms with Crippen molar-refractivity contribution in [3.8, 4) is 11.4 Å². The molecule has 0 radical (unpaired) electrons. The predicted molar refractivity (Wildman–Crippen MR) is 93.9 cm³/mol. The summed E-state index contributed by atoms with van der Waals surface area (Å²) in [5, 5.41) is 19.7. The van der Waals surface area contributed by atoms with Crippen LogP contribution in [-0.4, -0.2) is 38.4 Å². The van der Waals surface area contributed by atoms with Gasteiger partial charge in [-0.2, -0.15) is 5.10 Å². The van der Waals surface area contributed by atoms with E-state index in [2.05, 4.69) is 15.5 Å². The Morgan fingerprint density at radius 2 is 2.17 bits per heavy atom. The zero-order valence-corrected chi connectivity index (χ0v) is 14.5. The van der Waals surface area contributed by atoms with Gasteiger partial charge >= 0.3 is 0 Å². The molecular formula is C17H22N4O2S. The number of amides is 1. The van der Waals surface area contributed by atoms with Gasteiger partial charge in [0.1, 0.15) is 6.54 Å². The van der Waals surface area contributed by atoms with Crippen LogP contribution in [0.3, 0.4) is 0 Å². The van der Waals surface area contributed by atoms with E-state index < -0.39 is 0 Å². The van der Waals surface area contributed by atoms with E-state index in [4.69, 9.17) is 12.2 Å². The van der Waals surface area contributed by atoms with Crippen molar-refractivity contribution in [2.24, 2.45) is 5.92 Å². The topological polar surface area (TPSA) is 82.9 Å². The van der Waals surface area contributed by atoms with Crippen molar-refractivity contribution in [2.45, 2.75) is 38.8 Å². The number of aromatic nitrogens is 3. The number of nitrogens with zero attached hydrogens (tertiary/aromatic N) is 2. The second kappa shape index (κ2) is 7.27. The van der Waals surface area contributed by atoms with Crippen LogP contribution in [0.2, 0.25) is 0 Å². The van der Waals surface area contributed by atoms with Crippen LogP contribution in [0.15, 0.2) is 24.3 Å². The zero-order valence-electron chi connectivity index (χ0n) is 13.7. The maximum atomic E-state index is 12.3. The summed E-state index contributed by atoms with van der Waals surface area (Å²) < 4.78 is 2.11. The molecule has 3 N–H and O–H groups in total. The highest BCUT2D eigenvalue weighted by molar-refractivity contribution is 7.71. The van der Waals surface area contributed by atoms with Crippen molar-refractivity contribution in [2.75, 3.05) is 6.54 Å². The van der Waals surface area contributed by atoms with Gasteiger partial charge in [-0.05, 0) is 32.0 Å². The molecule has 6 nitrogen and oxygen atoms in total. The van der Waals surface area contributed by atoms with Gasteiger partial charge in [-0.3, -0.25) is 14.5 Å². The number of benzene rings is 1. The number of nitrogens with one attached hydrogen (secondary N) is 2. The Morgan fingerprint density at radius 3 is 2.83 bits per heavy atom. The van der Waals surface area contributed by atoms with E-state index in [-0.39, 0.29) is 24.5 Å². The third-order valence-electron chi connectivity index (χ3n) is 4.55. The van der Waals surface area contributed by atoms with Crippen molar-refractivity contribution in [1.29, 1.82) is 0 Å². The Balaban J connectivity index is 1.68. The van der Waals surface area contributed by atoms with Gasteiger partial charge in [0.25, 0.3) is 0 Å². The Hall–Kier alpha value is -1.99. The summed E-state index contributed by atoms with van der Waals surface area (Å²) in [6.45, 7) is 2.64. The number of aromatic amines is 1. The second-order valence-corrected chi connectivity index (χ2v) is 6.75. The van der Waals surface area contributed by atoms with Gasteiger partial charge in [0, 0.05) is 18.0 Å². The molecule has 1 saturated carbocycles. The molecule has 1 aromatic heterocycles. The van der Waals surface area contributed by atoms with Crippen molar-refractivity contribution in [1.82, 2.24) is 20.1 Å². The molecule has 3 rings (SSSR count). The molecule has 1 aromatic carbocycles. The molecule has 0 bridgehead atoms. The average Bonchev–Trinajstić information content (AvgIpc) is 3.13. The molecule has 128 valence electrons. The van der Waals surface area contributed by atoms with E-state index in [9.17, 15) is 9.90 Å². The molecule has 1 aliphatic carbocycles. The molecule has 24 heavy (non-hydrogen) atoms. The molecule has 1 heterocycles. The summed E-state index contributed by atoms with van der Waals surface area (Å²) in [5.41, 5.74) is 2.07. The van der Waals surface area contributed by atoms with E-state index in [1.54, 1.807) is 4.57 Å². The molecule has 2 aromatic rings. The van der Waals surface area contributed by atoms with Gasteiger partial charge in [0.2, 0.25) is 5.91 Å². The normalized spacial score (nSPS) is 20.2. The smallest absolute Gasteiger partial charge is 0.240 e. The van der Waals surface area contributed by atoms with Gasteiger partial charge in [0.15, 0.2) is 10.6 Å². The monoisotopic (exact) mass is 346 g/mol. The van der Waals surface area contributed by atoms with Crippen LogP contribution in [0.25, 0.3) is 11.4 Å². The SMILES string of the molecule is Cc1ccc(-c2n[nH]c(=S)n2CC(=O)NC[C@@H]2CCC[C@@H]2O)cc1. The summed E-state index contributed by atoms with van der Waals surface area (Å²) in [7, 11) is 0. The number of aliphatic hydroxyl groups is 1. The maximum Gasteiger partial charge on any atom is 0.240 e. The number of carbonyl (C=O) groups excluding carboxylic acids is 1. The molecule has 0 aliphatic heterocycles. The number of hydrogen-bond donors (Lipinski definition) is 3. The standard InChI is InChI=1S/C17H22N4O2S/c1-11-5-7-12(8-6-11)16-19-20-17(24)21(16)10-15(23)18-9-13-3-2-4-14(13)22/h5-8,13-14,22H,2-4,9-10H2,1H3,(H,18,23)(H,20,24)/t13-,14-/m0/s1. The van der Waals surface area contributed by atoms with Crippen LogP contribution in [0.4, 0.5) is 0 Å². The van der Waals surface area contributed by atoms with Crippen molar-refractivity contribution < 1.29 is 9.90 Å². The fraction of sp³-hybridized carbons (Fsp3) is 0.471. The lowest BCUT2D eigenvalue weighted by molar-refractivity contribution is -0.121. The minimum absolute atomic E-state index is 0.112. The molecule has 1 aliphatic rings. The van der Waals surface area contributed by atoms with Crippen LogP contribution < -0.4 is 5.32 Å². The highest BCUT2D eigenvalue weighted by Gasteiger charge is 2.25. The highest BCUT2D eigenvalue weighted by atomic mass is 32.1. The highest BCUT2D eigenvalue weighted by Crippen LogP contribution is 2.24. The lowest BCUT2D eigenvalue weighted by atomic mass is 10.1. The number of carbonyl (C=O) groups is 1. The molecule has 2 atom stereocenters. The van der Waals surface area contributed by atoms with Gasteiger partial charge in [0.05, 0.1) is 6.10 Å². The average molecular weight is 346 g/mol. The maximum absolute atomic E-state index is 12.3. The van der Waals surface area contributed by atoms with Crippen molar-refractivity contribution in [3.63, 3.8) is 0 Å². The second-order valence-electron chi connectivity index (χ2n) is 6.37. The van der Waals surface area contributed by atoms with E-state index in [1.807, 2.05) is 31.2 Å². The largest absolute Gasteiger partial charge is 0.393 e. The minimum atomic E-state index is -0.301. The number of aryl methyl sites for hydroxylation is 1. The summed E-state index contributed by atoms with van der Waals surface area (Å²) in [6, 6.07) is 7.92. The first kappa shape index (κ1) is 16.9. The van der Waals surface area contributed by atoms with Crippen molar-refractivity contribution in [3.05, 3.63) is 34.6 Å². The van der Waals surface area contributed by atoms with E-state index >= 15 is 0 Å². The van der Waals surface area contributed by atoms with E-state index in [1.165, 1.54) is 0 Å². The molecular weight excluding hydrogens is 324 g/mol. The Labute approximate surface area is 145 Å².